The molecule has 0 N–H and O–H groups in total. The largest absolute Gasteiger partial charge is 0.379 e. The molecule has 2 aliphatic rings. The number of fused-ring (bicyclic) bond motifs is 2. The van der Waals surface area contributed by atoms with Crippen molar-refractivity contribution in [2.45, 2.75) is 35.6 Å². The van der Waals surface area contributed by atoms with Gasteiger partial charge in [0.15, 0.2) is 5.78 Å². The van der Waals surface area contributed by atoms with Crippen molar-refractivity contribution in [2.24, 2.45) is 0 Å². The minimum Gasteiger partial charge on any atom is -0.379 e. The maximum absolute atomic E-state index is 13.2. The zero-order chi connectivity index (χ0) is 17.4. The third-order valence-corrected chi connectivity index (χ3v) is 6.48. The second-order valence-corrected chi connectivity index (χ2v) is 8.28. The molecule has 4 rings (SSSR count). The molecule has 0 unspecified atom stereocenters. The van der Waals surface area contributed by atoms with Crippen LogP contribution in [0, 0.1) is 0 Å². The molecule has 0 radical (unpaired) electrons. The van der Waals surface area contributed by atoms with Crippen molar-refractivity contribution < 1.29 is 9.53 Å². The van der Waals surface area contributed by atoms with E-state index in [1.165, 1.54) is 20.9 Å². The Bertz CT molecular complexity index is 809. The molecule has 0 atom stereocenters. The summed E-state index contributed by atoms with van der Waals surface area (Å²) in [4.78, 5) is 18.0. The van der Waals surface area contributed by atoms with Crippen LogP contribution >= 0.6 is 11.8 Å². The lowest BCUT2D eigenvalue weighted by molar-refractivity contribution is -0.00430. The lowest BCUT2D eigenvalue weighted by Gasteiger charge is -2.39. The summed E-state index contributed by atoms with van der Waals surface area (Å²) in [5.41, 5.74) is 2.98. The van der Waals surface area contributed by atoms with Gasteiger partial charge in [0, 0.05) is 28.4 Å². The number of Topliss-reactive ketones (excluding diaryl/α,β-unsaturated/α-hetero) is 1. The number of carbonyl (C=O) groups is 1. The predicted octanol–water partition coefficient (Wildman–Crippen LogP) is 4.04. The first-order valence-corrected chi connectivity index (χ1v) is 9.63. The summed E-state index contributed by atoms with van der Waals surface area (Å²) >= 11 is 1.77. The molecule has 2 heterocycles. The summed E-state index contributed by atoms with van der Waals surface area (Å²) in [6.45, 7) is 7.09. The number of rotatable bonds is 3. The van der Waals surface area contributed by atoms with E-state index in [-0.39, 0.29) is 5.78 Å². The van der Waals surface area contributed by atoms with E-state index >= 15 is 0 Å². The van der Waals surface area contributed by atoms with E-state index in [0.29, 0.717) is 13.2 Å². The Balaban J connectivity index is 1.61. The van der Waals surface area contributed by atoms with Crippen LogP contribution in [0.2, 0.25) is 0 Å². The van der Waals surface area contributed by atoms with Crippen LogP contribution in [0.25, 0.3) is 0 Å². The standard InChI is InChI=1S/C21H23NO2S/c1-21(2,22-9-11-24-12-10-22)20(23)17-8-7-16-13-15-5-3-4-6-18(15)25-19(16)14-17/h3-8,14H,9-13H2,1-2H3. The number of benzene rings is 2. The molecule has 2 aromatic rings. The van der Waals surface area contributed by atoms with Crippen molar-refractivity contribution in [3.05, 3.63) is 59.2 Å². The Labute approximate surface area is 153 Å². The van der Waals surface area contributed by atoms with Crippen molar-refractivity contribution in [1.82, 2.24) is 4.90 Å². The molecule has 25 heavy (non-hydrogen) atoms. The first-order valence-electron chi connectivity index (χ1n) is 8.82. The van der Waals surface area contributed by atoms with Gasteiger partial charge in [-0.2, -0.15) is 0 Å². The summed E-state index contributed by atoms with van der Waals surface area (Å²) in [6, 6.07) is 14.7. The monoisotopic (exact) mass is 353 g/mol. The molecule has 2 aromatic carbocycles. The highest BCUT2D eigenvalue weighted by Gasteiger charge is 2.36. The highest BCUT2D eigenvalue weighted by Crippen LogP contribution is 2.40. The van der Waals surface area contributed by atoms with Crippen LogP contribution in [0.3, 0.4) is 0 Å². The van der Waals surface area contributed by atoms with E-state index < -0.39 is 5.54 Å². The van der Waals surface area contributed by atoms with Gasteiger partial charge in [-0.05, 0) is 43.5 Å². The van der Waals surface area contributed by atoms with Crippen LogP contribution in [0.15, 0.2) is 52.3 Å². The number of nitrogens with zero attached hydrogens (tertiary/aromatic N) is 1. The van der Waals surface area contributed by atoms with Gasteiger partial charge in [0.25, 0.3) is 0 Å². The minimum absolute atomic E-state index is 0.191. The molecule has 4 heteroatoms. The molecule has 1 fully saturated rings. The topological polar surface area (TPSA) is 29.5 Å². The SMILES string of the molecule is CC(C)(C(=O)c1ccc2c(c1)Sc1ccccc1C2)N1CCOCC1. The molecule has 3 nitrogen and oxygen atoms in total. The molecule has 2 aliphatic heterocycles. The first-order chi connectivity index (χ1) is 12.1. The van der Waals surface area contributed by atoms with Crippen LogP contribution in [0.1, 0.15) is 35.3 Å². The van der Waals surface area contributed by atoms with E-state index in [1.807, 2.05) is 19.9 Å². The second-order valence-electron chi connectivity index (χ2n) is 7.20. The number of hydrogen-bond donors (Lipinski definition) is 0. The quantitative estimate of drug-likeness (QED) is 0.665. The third-order valence-electron chi connectivity index (χ3n) is 5.26. The van der Waals surface area contributed by atoms with Gasteiger partial charge in [0.1, 0.15) is 0 Å². The van der Waals surface area contributed by atoms with Gasteiger partial charge >= 0.3 is 0 Å². The predicted molar refractivity (Wildman–Crippen MR) is 101 cm³/mol. The molecule has 0 amide bonds. The zero-order valence-electron chi connectivity index (χ0n) is 14.7. The summed E-state index contributed by atoms with van der Waals surface area (Å²) in [7, 11) is 0. The van der Waals surface area contributed by atoms with E-state index in [2.05, 4.69) is 41.3 Å². The number of ketones is 1. The lowest BCUT2D eigenvalue weighted by atomic mass is 9.90. The molecule has 0 aliphatic carbocycles. The molecule has 0 saturated carbocycles. The zero-order valence-corrected chi connectivity index (χ0v) is 15.6. The molecule has 130 valence electrons. The number of ether oxygens (including phenoxy) is 1. The van der Waals surface area contributed by atoms with E-state index in [9.17, 15) is 4.79 Å². The fourth-order valence-corrected chi connectivity index (χ4v) is 4.74. The van der Waals surface area contributed by atoms with Crippen molar-refractivity contribution in [1.29, 1.82) is 0 Å². The molecule has 0 bridgehead atoms. The van der Waals surface area contributed by atoms with Crippen molar-refractivity contribution >= 4 is 17.5 Å². The van der Waals surface area contributed by atoms with E-state index in [0.717, 1.165) is 25.1 Å². The maximum atomic E-state index is 13.2. The van der Waals surface area contributed by atoms with Crippen molar-refractivity contribution in [2.75, 3.05) is 26.3 Å². The van der Waals surface area contributed by atoms with Gasteiger partial charge in [-0.25, -0.2) is 0 Å². The van der Waals surface area contributed by atoms with Gasteiger partial charge in [-0.3, -0.25) is 9.69 Å². The first kappa shape index (κ1) is 16.8. The van der Waals surface area contributed by atoms with Gasteiger partial charge in [0.05, 0.1) is 18.8 Å². The fraction of sp³-hybridized carbons (Fsp3) is 0.381. The molecule has 0 spiro atoms. The van der Waals surface area contributed by atoms with Crippen LogP contribution < -0.4 is 0 Å². The Morgan fingerprint density at radius 2 is 1.76 bits per heavy atom. The summed E-state index contributed by atoms with van der Waals surface area (Å²) in [6.07, 6.45) is 0.944. The second kappa shape index (κ2) is 6.60. The normalized spacial score (nSPS) is 17.7. The Morgan fingerprint density at radius 3 is 2.56 bits per heavy atom. The fourth-order valence-electron chi connectivity index (χ4n) is 3.63. The molecular weight excluding hydrogens is 330 g/mol. The van der Waals surface area contributed by atoms with Crippen molar-refractivity contribution in [3.63, 3.8) is 0 Å². The summed E-state index contributed by atoms with van der Waals surface area (Å²) < 4.78 is 5.43. The average Bonchev–Trinajstić information content (AvgIpc) is 2.66. The number of carbonyl (C=O) groups excluding carboxylic acids is 1. The molecule has 1 saturated heterocycles. The van der Waals surface area contributed by atoms with Crippen LogP contribution in [0.5, 0.6) is 0 Å². The van der Waals surface area contributed by atoms with Crippen molar-refractivity contribution in [3.8, 4) is 0 Å². The van der Waals surface area contributed by atoms with Crippen LogP contribution in [-0.4, -0.2) is 42.5 Å². The smallest absolute Gasteiger partial charge is 0.182 e. The highest BCUT2D eigenvalue weighted by molar-refractivity contribution is 7.99. The van der Waals surface area contributed by atoms with E-state index in [4.69, 9.17) is 4.74 Å². The minimum atomic E-state index is -0.505. The van der Waals surface area contributed by atoms with Gasteiger partial charge in [-0.1, -0.05) is 42.1 Å². The lowest BCUT2D eigenvalue weighted by Crippen LogP contribution is -2.54. The average molecular weight is 353 g/mol. The molecular formula is C21H23NO2S. The number of hydrogen-bond acceptors (Lipinski definition) is 4. The Kier molecular flexibility index (Phi) is 4.44. The Morgan fingerprint density at radius 1 is 1.04 bits per heavy atom. The van der Waals surface area contributed by atoms with Gasteiger partial charge < -0.3 is 4.74 Å². The van der Waals surface area contributed by atoms with E-state index in [1.54, 1.807) is 11.8 Å². The summed E-state index contributed by atoms with van der Waals surface area (Å²) in [5, 5.41) is 0. The Hall–Kier alpha value is -1.62. The van der Waals surface area contributed by atoms with Gasteiger partial charge in [0.2, 0.25) is 0 Å². The van der Waals surface area contributed by atoms with Gasteiger partial charge in [-0.15, -0.1) is 0 Å². The van der Waals surface area contributed by atoms with Crippen LogP contribution in [-0.2, 0) is 11.2 Å². The van der Waals surface area contributed by atoms with Crippen LogP contribution in [0.4, 0.5) is 0 Å². The third kappa shape index (κ3) is 3.14. The highest BCUT2D eigenvalue weighted by atomic mass is 32.2. The summed E-state index contributed by atoms with van der Waals surface area (Å²) in [5.74, 6) is 0.191. The maximum Gasteiger partial charge on any atom is 0.182 e. The molecule has 0 aromatic heterocycles. The number of morpholine rings is 1.